The van der Waals surface area contributed by atoms with Gasteiger partial charge < -0.3 is 21.3 Å². The van der Waals surface area contributed by atoms with Gasteiger partial charge in [0.05, 0.1) is 17.4 Å². The Morgan fingerprint density at radius 2 is 1.85 bits per heavy atom. The van der Waals surface area contributed by atoms with Crippen LogP contribution in [0, 0.1) is 11.6 Å². The number of benzene rings is 2. The van der Waals surface area contributed by atoms with Gasteiger partial charge in [-0.15, -0.1) is 0 Å². The normalized spacial score (nSPS) is 13.5. The first kappa shape index (κ1) is 19.5. The van der Waals surface area contributed by atoms with Crippen molar-refractivity contribution < 1.29 is 32.2 Å². The fourth-order valence-corrected chi connectivity index (χ4v) is 2.16. The fraction of sp³-hybridized carbons (Fsp3) is 0.176. The summed E-state index contributed by atoms with van der Waals surface area (Å²) in [7, 11) is 0. The summed E-state index contributed by atoms with van der Waals surface area (Å²) in [5, 5.41) is 22.1. The number of alkyl halides is 3. The molecule has 1 unspecified atom stereocenters. The smallest absolute Gasteiger partial charge is 0.416 e. The van der Waals surface area contributed by atoms with Crippen LogP contribution < -0.4 is 11.1 Å². The quantitative estimate of drug-likeness (QED) is 0.471. The number of nitrogens with two attached hydrogens (primary N) is 1. The van der Waals surface area contributed by atoms with Crippen LogP contribution in [0.5, 0.6) is 5.75 Å². The predicted octanol–water partition coefficient (Wildman–Crippen LogP) is 4.02. The number of aromatic hydroxyl groups is 1. The molecule has 0 amide bonds. The molecule has 2 aromatic rings. The van der Waals surface area contributed by atoms with Crippen molar-refractivity contribution in [3.63, 3.8) is 0 Å². The molecule has 0 bridgehead atoms. The van der Waals surface area contributed by atoms with Crippen molar-refractivity contribution in [3.8, 4) is 5.75 Å². The van der Waals surface area contributed by atoms with Gasteiger partial charge in [-0.3, -0.25) is 0 Å². The Morgan fingerprint density at radius 3 is 2.42 bits per heavy atom. The van der Waals surface area contributed by atoms with E-state index in [1.165, 1.54) is 12.3 Å². The van der Waals surface area contributed by atoms with Crippen LogP contribution in [-0.4, -0.2) is 10.2 Å². The highest BCUT2D eigenvalue weighted by molar-refractivity contribution is 5.57. The molecule has 5 N–H and O–H groups in total. The summed E-state index contributed by atoms with van der Waals surface area (Å²) in [6, 6.07) is 5.02. The van der Waals surface area contributed by atoms with Crippen molar-refractivity contribution >= 4 is 5.69 Å². The van der Waals surface area contributed by atoms with Crippen molar-refractivity contribution in [2.75, 3.05) is 5.32 Å². The predicted molar refractivity (Wildman–Crippen MR) is 84.9 cm³/mol. The molecular weight excluding hydrogens is 359 g/mol. The molecule has 0 spiro atoms. The Bertz CT molecular complexity index is 821. The molecule has 4 nitrogen and oxygen atoms in total. The molecule has 0 aliphatic carbocycles. The molecular formula is C17H15F5N2O2. The number of phenolic OH excluding ortho intramolecular Hbond substituents is 1. The van der Waals surface area contributed by atoms with Gasteiger partial charge in [0, 0.05) is 29.9 Å². The van der Waals surface area contributed by atoms with Gasteiger partial charge >= 0.3 is 6.18 Å². The molecule has 140 valence electrons. The van der Waals surface area contributed by atoms with E-state index in [9.17, 15) is 32.2 Å². The van der Waals surface area contributed by atoms with E-state index in [2.05, 4.69) is 5.32 Å². The molecule has 0 aliphatic heterocycles. The lowest BCUT2D eigenvalue weighted by Gasteiger charge is -2.14. The number of phenols is 1. The molecule has 0 heterocycles. The van der Waals surface area contributed by atoms with Gasteiger partial charge in [-0.25, -0.2) is 8.78 Å². The first-order valence-electron chi connectivity index (χ1n) is 7.32. The molecule has 2 rings (SSSR count). The second-order valence-electron chi connectivity index (χ2n) is 5.48. The highest BCUT2D eigenvalue weighted by Gasteiger charge is 2.31. The van der Waals surface area contributed by atoms with Crippen molar-refractivity contribution in [1.82, 2.24) is 0 Å². The van der Waals surface area contributed by atoms with Crippen molar-refractivity contribution in [1.29, 1.82) is 0 Å². The average Bonchev–Trinajstić information content (AvgIpc) is 2.52. The fourth-order valence-electron chi connectivity index (χ4n) is 2.16. The number of anilines is 1. The summed E-state index contributed by atoms with van der Waals surface area (Å²) in [5.74, 6) is -2.22. The first-order chi connectivity index (χ1) is 12.1. The number of hydrogen-bond acceptors (Lipinski definition) is 4. The topological polar surface area (TPSA) is 78.5 Å². The van der Waals surface area contributed by atoms with E-state index in [1.807, 2.05) is 0 Å². The summed E-state index contributed by atoms with van der Waals surface area (Å²) in [4.78, 5) is 0. The Kier molecular flexibility index (Phi) is 5.71. The molecule has 26 heavy (non-hydrogen) atoms. The molecule has 0 radical (unpaired) electrons. The van der Waals surface area contributed by atoms with Gasteiger partial charge in [-0.2, -0.15) is 13.2 Å². The summed E-state index contributed by atoms with van der Waals surface area (Å²) >= 11 is 0. The van der Waals surface area contributed by atoms with Crippen LogP contribution in [0.15, 0.2) is 48.3 Å². The standard InChI is InChI=1S/C17H15F5N2O2/c18-10-2-4-14(16(26)6-10)24-8-11(23)7-15(25)12-3-1-9(5-13(12)19)17(20,21)22/h1-6,8,15,24-26H,7,23H2/b11-8-. The van der Waals surface area contributed by atoms with Crippen LogP contribution in [0.4, 0.5) is 27.6 Å². The Balaban J connectivity index is 2.07. The van der Waals surface area contributed by atoms with E-state index in [1.54, 1.807) is 0 Å². The number of hydrogen-bond donors (Lipinski definition) is 4. The maximum absolute atomic E-state index is 13.8. The summed E-state index contributed by atoms with van der Waals surface area (Å²) < 4.78 is 64.3. The minimum atomic E-state index is -4.69. The lowest BCUT2D eigenvalue weighted by molar-refractivity contribution is -0.137. The van der Waals surface area contributed by atoms with Crippen LogP contribution in [0.2, 0.25) is 0 Å². The van der Waals surface area contributed by atoms with E-state index < -0.39 is 29.5 Å². The van der Waals surface area contributed by atoms with Crippen LogP contribution >= 0.6 is 0 Å². The van der Waals surface area contributed by atoms with E-state index in [0.29, 0.717) is 12.1 Å². The second kappa shape index (κ2) is 7.61. The zero-order chi connectivity index (χ0) is 19.5. The van der Waals surface area contributed by atoms with Crippen LogP contribution in [-0.2, 0) is 6.18 Å². The van der Waals surface area contributed by atoms with Crippen molar-refractivity contribution in [2.45, 2.75) is 18.7 Å². The largest absolute Gasteiger partial charge is 0.506 e. The molecule has 0 fully saturated rings. The van der Waals surface area contributed by atoms with Crippen LogP contribution in [0.1, 0.15) is 23.7 Å². The van der Waals surface area contributed by atoms with Crippen LogP contribution in [0.3, 0.4) is 0 Å². The number of aliphatic hydroxyl groups is 1. The third-order valence-electron chi connectivity index (χ3n) is 3.49. The summed E-state index contributed by atoms with van der Waals surface area (Å²) in [6.45, 7) is 0. The lowest BCUT2D eigenvalue weighted by Crippen LogP contribution is -2.11. The van der Waals surface area contributed by atoms with E-state index in [0.717, 1.165) is 18.2 Å². The third-order valence-corrected chi connectivity index (χ3v) is 3.49. The van der Waals surface area contributed by atoms with E-state index >= 15 is 0 Å². The molecule has 0 aliphatic rings. The molecule has 0 saturated carbocycles. The van der Waals surface area contributed by atoms with Crippen molar-refractivity contribution in [3.05, 3.63) is 71.1 Å². The average molecular weight is 374 g/mol. The van der Waals surface area contributed by atoms with E-state index in [4.69, 9.17) is 5.73 Å². The number of halogens is 5. The van der Waals surface area contributed by atoms with Gasteiger partial charge in [-0.05, 0) is 24.3 Å². The van der Waals surface area contributed by atoms with Crippen LogP contribution in [0.25, 0.3) is 0 Å². The zero-order valence-electron chi connectivity index (χ0n) is 13.2. The monoisotopic (exact) mass is 374 g/mol. The van der Waals surface area contributed by atoms with E-state index in [-0.39, 0.29) is 29.1 Å². The van der Waals surface area contributed by atoms with Gasteiger partial charge in [0.25, 0.3) is 0 Å². The van der Waals surface area contributed by atoms with Gasteiger partial charge in [0.2, 0.25) is 0 Å². The molecule has 2 aromatic carbocycles. The maximum Gasteiger partial charge on any atom is 0.416 e. The molecule has 9 heteroatoms. The highest BCUT2D eigenvalue weighted by Crippen LogP contribution is 2.32. The minimum Gasteiger partial charge on any atom is -0.506 e. The lowest BCUT2D eigenvalue weighted by atomic mass is 10.0. The number of rotatable bonds is 5. The molecule has 1 atom stereocenters. The molecule has 0 aromatic heterocycles. The summed E-state index contributed by atoms with van der Waals surface area (Å²) in [6.07, 6.45) is -5.25. The Morgan fingerprint density at radius 1 is 1.15 bits per heavy atom. The number of aliphatic hydroxyl groups excluding tert-OH is 1. The Labute approximate surface area is 145 Å². The van der Waals surface area contributed by atoms with Gasteiger partial charge in [0.1, 0.15) is 17.4 Å². The van der Waals surface area contributed by atoms with Crippen molar-refractivity contribution in [2.24, 2.45) is 5.73 Å². The first-order valence-corrected chi connectivity index (χ1v) is 7.32. The number of nitrogens with one attached hydrogen (secondary N) is 1. The summed E-state index contributed by atoms with van der Waals surface area (Å²) in [5.41, 5.74) is 4.34. The maximum atomic E-state index is 13.8. The minimum absolute atomic E-state index is 0.0283. The zero-order valence-corrected chi connectivity index (χ0v) is 13.2. The van der Waals surface area contributed by atoms with Gasteiger partial charge in [0.15, 0.2) is 0 Å². The third kappa shape index (κ3) is 4.85. The van der Waals surface area contributed by atoms with Gasteiger partial charge in [-0.1, -0.05) is 6.07 Å². The SMILES string of the molecule is N/C(=C\Nc1ccc(F)cc1O)CC(O)c1ccc(C(F)(F)F)cc1F. The second-order valence-corrected chi connectivity index (χ2v) is 5.48. The molecule has 0 saturated heterocycles. The Hall–Kier alpha value is -2.81. The highest BCUT2D eigenvalue weighted by atomic mass is 19.4.